The molecule has 4 rings (SSSR count). The first-order valence-corrected chi connectivity index (χ1v) is 9.66. The molecule has 144 valence electrons. The summed E-state index contributed by atoms with van der Waals surface area (Å²) in [6.45, 7) is 2.21. The Morgan fingerprint density at radius 1 is 1.07 bits per heavy atom. The third-order valence-electron chi connectivity index (χ3n) is 5.15. The van der Waals surface area contributed by atoms with Gasteiger partial charge in [0.15, 0.2) is 0 Å². The fraction of sp³-hybridized carbons (Fsp3) is 0.261. The Bertz CT molecular complexity index is 945. The van der Waals surface area contributed by atoms with Crippen molar-refractivity contribution in [1.82, 2.24) is 0 Å². The second kappa shape index (κ2) is 7.80. The van der Waals surface area contributed by atoms with Gasteiger partial charge in [0.1, 0.15) is 17.8 Å². The molecule has 1 aromatic heterocycles. The molecular formula is C23H25N3O2. The smallest absolute Gasteiger partial charge is 0.205 e. The lowest BCUT2D eigenvalue weighted by atomic mass is 10.0. The Morgan fingerprint density at radius 2 is 1.82 bits per heavy atom. The number of hydrogen-bond donors (Lipinski definition) is 2. The van der Waals surface area contributed by atoms with Crippen molar-refractivity contribution >= 4 is 17.4 Å². The van der Waals surface area contributed by atoms with Crippen LogP contribution in [0.25, 0.3) is 0 Å². The normalized spacial score (nSPS) is 15.9. The molecule has 28 heavy (non-hydrogen) atoms. The van der Waals surface area contributed by atoms with Crippen molar-refractivity contribution in [3.63, 3.8) is 0 Å². The van der Waals surface area contributed by atoms with Crippen LogP contribution in [0.15, 0.2) is 65.3 Å². The summed E-state index contributed by atoms with van der Waals surface area (Å²) in [5.41, 5.74) is 4.10. The van der Waals surface area contributed by atoms with Gasteiger partial charge in [-0.15, -0.1) is 0 Å². The molecule has 0 bridgehead atoms. The zero-order valence-electron chi connectivity index (χ0n) is 16.2. The van der Waals surface area contributed by atoms with Gasteiger partial charge in [-0.2, -0.15) is 0 Å². The van der Waals surface area contributed by atoms with Gasteiger partial charge in [0.2, 0.25) is 5.88 Å². The van der Waals surface area contributed by atoms with Crippen molar-refractivity contribution in [3.8, 4) is 5.75 Å². The number of fused-ring (bicyclic) bond motifs is 1. The highest BCUT2D eigenvalue weighted by atomic mass is 16.5. The molecule has 0 spiro atoms. The summed E-state index contributed by atoms with van der Waals surface area (Å²) in [6.07, 6.45) is 4.84. The molecule has 5 nitrogen and oxygen atoms in total. The predicted molar refractivity (Wildman–Crippen MR) is 112 cm³/mol. The number of rotatable bonds is 6. The average Bonchev–Trinajstić information content (AvgIpc) is 3.22. The zero-order chi connectivity index (χ0) is 19.5. The van der Waals surface area contributed by atoms with Crippen molar-refractivity contribution in [2.45, 2.75) is 32.4 Å². The Hall–Kier alpha value is -3.21. The molecule has 0 aliphatic carbocycles. The number of anilines is 2. The quantitative estimate of drug-likeness (QED) is 0.590. The van der Waals surface area contributed by atoms with E-state index in [1.165, 1.54) is 18.4 Å². The summed E-state index contributed by atoms with van der Waals surface area (Å²) in [5, 5.41) is 12.2. The van der Waals surface area contributed by atoms with Crippen LogP contribution in [0.1, 0.15) is 42.6 Å². The van der Waals surface area contributed by atoms with E-state index in [9.17, 15) is 0 Å². The van der Waals surface area contributed by atoms with Gasteiger partial charge < -0.3 is 19.4 Å². The van der Waals surface area contributed by atoms with Gasteiger partial charge in [-0.1, -0.05) is 37.6 Å². The maximum atomic E-state index is 8.81. The van der Waals surface area contributed by atoms with Gasteiger partial charge in [-0.05, 0) is 54.3 Å². The Labute approximate surface area is 165 Å². The van der Waals surface area contributed by atoms with Gasteiger partial charge in [0, 0.05) is 5.69 Å². The molecule has 2 aromatic carbocycles. The van der Waals surface area contributed by atoms with E-state index in [1.54, 1.807) is 13.4 Å². The van der Waals surface area contributed by atoms with E-state index in [0.29, 0.717) is 11.7 Å². The summed E-state index contributed by atoms with van der Waals surface area (Å²) >= 11 is 0. The topological polar surface area (TPSA) is 61.5 Å². The number of hydrogen-bond acceptors (Lipinski definition) is 4. The van der Waals surface area contributed by atoms with Gasteiger partial charge in [-0.3, -0.25) is 5.41 Å². The maximum absolute atomic E-state index is 8.81. The first kappa shape index (κ1) is 18.2. The number of nitrogens with one attached hydrogen (secondary N) is 2. The van der Waals surface area contributed by atoms with Crippen LogP contribution in [0.3, 0.4) is 0 Å². The third-order valence-corrected chi connectivity index (χ3v) is 5.15. The van der Waals surface area contributed by atoms with Crippen molar-refractivity contribution in [1.29, 1.82) is 5.41 Å². The van der Waals surface area contributed by atoms with E-state index in [2.05, 4.69) is 36.5 Å². The summed E-state index contributed by atoms with van der Waals surface area (Å²) in [4.78, 5) is 2.00. The van der Waals surface area contributed by atoms with Crippen LogP contribution in [0.4, 0.5) is 11.6 Å². The number of benzene rings is 2. The number of furan rings is 1. The van der Waals surface area contributed by atoms with Gasteiger partial charge in [0.05, 0.1) is 18.9 Å². The SMILES string of the molecule is CCCCc1ccc(N2C(=N)c3ccoc3NC2c2ccc(OC)cc2)cc1. The van der Waals surface area contributed by atoms with E-state index >= 15 is 0 Å². The minimum Gasteiger partial charge on any atom is -0.497 e. The Morgan fingerprint density at radius 3 is 2.50 bits per heavy atom. The van der Waals surface area contributed by atoms with Gasteiger partial charge in [-0.25, -0.2) is 0 Å². The number of amidine groups is 1. The molecule has 1 unspecified atom stereocenters. The summed E-state index contributed by atoms with van der Waals surface area (Å²) in [5.74, 6) is 1.85. The highest BCUT2D eigenvalue weighted by molar-refractivity contribution is 6.12. The van der Waals surface area contributed by atoms with Crippen molar-refractivity contribution in [3.05, 3.63) is 77.6 Å². The summed E-state index contributed by atoms with van der Waals surface area (Å²) < 4.78 is 10.9. The van der Waals surface area contributed by atoms with Crippen molar-refractivity contribution in [2.75, 3.05) is 17.3 Å². The monoisotopic (exact) mass is 375 g/mol. The fourth-order valence-corrected chi connectivity index (χ4v) is 3.56. The molecule has 1 atom stereocenters. The minimum atomic E-state index is -0.237. The number of ether oxygens (including phenoxy) is 1. The lowest BCUT2D eigenvalue weighted by molar-refractivity contribution is 0.414. The van der Waals surface area contributed by atoms with E-state index in [1.807, 2.05) is 35.2 Å². The molecule has 5 heteroatoms. The summed E-state index contributed by atoms with van der Waals surface area (Å²) in [6, 6.07) is 18.3. The lowest BCUT2D eigenvalue weighted by Gasteiger charge is -2.38. The molecule has 0 amide bonds. The predicted octanol–water partition coefficient (Wildman–Crippen LogP) is 5.59. The van der Waals surface area contributed by atoms with Crippen LogP contribution in [0.5, 0.6) is 5.75 Å². The average molecular weight is 375 g/mol. The molecule has 0 saturated heterocycles. The first-order valence-electron chi connectivity index (χ1n) is 9.66. The molecule has 0 saturated carbocycles. The first-order chi connectivity index (χ1) is 13.7. The minimum absolute atomic E-state index is 0.237. The van der Waals surface area contributed by atoms with E-state index in [-0.39, 0.29) is 6.17 Å². The molecule has 2 N–H and O–H groups in total. The second-order valence-corrected chi connectivity index (χ2v) is 6.97. The molecule has 1 aliphatic heterocycles. The van der Waals surface area contributed by atoms with Crippen LogP contribution >= 0.6 is 0 Å². The van der Waals surface area contributed by atoms with Crippen LogP contribution in [0.2, 0.25) is 0 Å². The van der Waals surface area contributed by atoms with Crippen molar-refractivity contribution in [2.24, 2.45) is 0 Å². The van der Waals surface area contributed by atoms with E-state index in [4.69, 9.17) is 14.6 Å². The van der Waals surface area contributed by atoms with E-state index in [0.717, 1.165) is 29.0 Å². The number of nitrogens with zero attached hydrogens (tertiary/aromatic N) is 1. The Kier molecular flexibility index (Phi) is 5.06. The highest BCUT2D eigenvalue weighted by Gasteiger charge is 2.33. The second-order valence-electron chi connectivity index (χ2n) is 6.97. The molecule has 1 aliphatic rings. The van der Waals surface area contributed by atoms with Crippen LogP contribution in [0, 0.1) is 5.41 Å². The van der Waals surface area contributed by atoms with Gasteiger partial charge in [0.25, 0.3) is 0 Å². The lowest BCUT2D eigenvalue weighted by Crippen LogP contribution is -2.42. The summed E-state index contributed by atoms with van der Waals surface area (Å²) in [7, 11) is 1.66. The molecular weight excluding hydrogens is 350 g/mol. The molecule has 0 fully saturated rings. The van der Waals surface area contributed by atoms with Crippen LogP contribution in [-0.2, 0) is 6.42 Å². The molecule has 3 aromatic rings. The number of aryl methyl sites for hydroxylation is 1. The number of unbranched alkanes of at least 4 members (excludes halogenated alkanes) is 1. The molecule has 2 heterocycles. The zero-order valence-corrected chi connectivity index (χ0v) is 16.2. The van der Waals surface area contributed by atoms with Crippen LogP contribution < -0.4 is 15.0 Å². The standard InChI is InChI=1S/C23H25N3O2/c1-3-4-5-16-6-10-18(11-7-16)26-21(24)20-14-15-28-23(20)25-22(26)17-8-12-19(27-2)13-9-17/h6-15,22,24-25H,3-5H2,1-2H3. The fourth-order valence-electron chi connectivity index (χ4n) is 3.56. The Balaban J connectivity index is 1.71. The highest BCUT2D eigenvalue weighted by Crippen LogP contribution is 2.37. The third kappa shape index (κ3) is 3.36. The number of methoxy groups -OCH3 is 1. The van der Waals surface area contributed by atoms with E-state index < -0.39 is 0 Å². The van der Waals surface area contributed by atoms with Crippen LogP contribution in [-0.4, -0.2) is 12.9 Å². The van der Waals surface area contributed by atoms with Gasteiger partial charge >= 0.3 is 0 Å². The van der Waals surface area contributed by atoms with Crippen molar-refractivity contribution < 1.29 is 9.15 Å². The molecule has 0 radical (unpaired) electrons. The maximum Gasteiger partial charge on any atom is 0.205 e. The largest absolute Gasteiger partial charge is 0.497 e.